The summed E-state index contributed by atoms with van der Waals surface area (Å²) >= 11 is 0. The van der Waals surface area contributed by atoms with Gasteiger partial charge in [-0.15, -0.1) is 0 Å². The van der Waals surface area contributed by atoms with Crippen LogP contribution in [-0.4, -0.2) is 54.0 Å². The van der Waals surface area contributed by atoms with Crippen LogP contribution >= 0.6 is 0 Å². The molecule has 1 aromatic rings. The van der Waals surface area contributed by atoms with Gasteiger partial charge < -0.3 is 10.2 Å². The lowest BCUT2D eigenvalue weighted by Gasteiger charge is -2.28. The van der Waals surface area contributed by atoms with Crippen LogP contribution in [0.25, 0.3) is 0 Å². The third-order valence-corrected chi connectivity index (χ3v) is 5.53. The van der Waals surface area contributed by atoms with E-state index >= 15 is 0 Å². The molecule has 0 spiro atoms. The van der Waals surface area contributed by atoms with E-state index in [1.807, 2.05) is 12.1 Å². The number of benzene rings is 1. The molecule has 3 heterocycles. The van der Waals surface area contributed by atoms with Crippen LogP contribution in [0.15, 0.2) is 24.3 Å². The van der Waals surface area contributed by atoms with Crippen LogP contribution in [0.5, 0.6) is 0 Å². The van der Waals surface area contributed by atoms with Gasteiger partial charge in [0.1, 0.15) is 6.04 Å². The number of carbonyl (C=O) groups excluding carboxylic acids is 1. The molecule has 2 unspecified atom stereocenters. The van der Waals surface area contributed by atoms with Gasteiger partial charge in [-0.05, 0) is 37.9 Å². The van der Waals surface area contributed by atoms with Gasteiger partial charge >= 0.3 is 0 Å². The molecule has 0 aliphatic carbocycles. The zero-order valence-corrected chi connectivity index (χ0v) is 12.6. The summed E-state index contributed by atoms with van der Waals surface area (Å²) in [6.07, 6.45) is 4.49. The Morgan fingerprint density at radius 1 is 1.19 bits per heavy atom. The topological polar surface area (TPSA) is 35.6 Å². The summed E-state index contributed by atoms with van der Waals surface area (Å²) < 4.78 is 0. The Morgan fingerprint density at radius 2 is 2.00 bits per heavy atom. The van der Waals surface area contributed by atoms with Crippen molar-refractivity contribution in [3.05, 3.63) is 29.8 Å². The predicted molar refractivity (Wildman–Crippen MR) is 83.3 cm³/mol. The van der Waals surface area contributed by atoms with Crippen molar-refractivity contribution in [2.75, 3.05) is 25.5 Å². The van der Waals surface area contributed by atoms with E-state index in [0.717, 1.165) is 31.6 Å². The normalized spacial score (nSPS) is 31.7. The first-order chi connectivity index (χ1) is 10.2. The van der Waals surface area contributed by atoms with Gasteiger partial charge in [-0.2, -0.15) is 0 Å². The van der Waals surface area contributed by atoms with Crippen LogP contribution < -0.4 is 5.32 Å². The van der Waals surface area contributed by atoms with Gasteiger partial charge in [0.05, 0.1) is 0 Å². The van der Waals surface area contributed by atoms with Crippen molar-refractivity contribution in [3.8, 4) is 0 Å². The van der Waals surface area contributed by atoms with E-state index in [4.69, 9.17) is 0 Å². The number of amides is 1. The number of nitrogens with zero attached hydrogens (tertiary/aromatic N) is 2. The maximum Gasteiger partial charge on any atom is 0.245 e. The van der Waals surface area contributed by atoms with Crippen molar-refractivity contribution in [1.29, 1.82) is 0 Å². The van der Waals surface area contributed by atoms with E-state index in [1.54, 1.807) is 0 Å². The van der Waals surface area contributed by atoms with Crippen molar-refractivity contribution in [1.82, 2.24) is 9.80 Å². The molecular formula is C17H23N3O. The maximum atomic E-state index is 12.8. The number of likely N-dealkylation sites (N-methyl/N-ethyl adjacent to an activating group) is 1. The lowest BCUT2D eigenvalue weighted by atomic mass is 10.1. The third-order valence-electron chi connectivity index (χ3n) is 5.53. The van der Waals surface area contributed by atoms with Crippen molar-refractivity contribution < 1.29 is 4.79 Å². The molecule has 0 saturated carbocycles. The van der Waals surface area contributed by atoms with Crippen LogP contribution in [-0.2, 0) is 11.2 Å². The maximum absolute atomic E-state index is 12.8. The molecule has 4 rings (SSSR count). The number of hydrogen-bond acceptors (Lipinski definition) is 3. The van der Waals surface area contributed by atoms with Crippen molar-refractivity contribution in [3.63, 3.8) is 0 Å². The molecule has 1 N–H and O–H groups in total. The minimum atomic E-state index is -0.0654. The van der Waals surface area contributed by atoms with Gasteiger partial charge in [0.15, 0.2) is 0 Å². The summed E-state index contributed by atoms with van der Waals surface area (Å²) in [6, 6.07) is 9.44. The second kappa shape index (κ2) is 5.02. The Morgan fingerprint density at radius 3 is 2.86 bits per heavy atom. The highest BCUT2D eigenvalue weighted by Crippen LogP contribution is 2.30. The number of rotatable bonds is 1. The fourth-order valence-corrected chi connectivity index (χ4v) is 4.18. The molecular weight excluding hydrogens is 262 g/mol. The van der Waals surface area contributed by atoms with E-state index in [0.29, 0.717) is 12.1 Å². The summed E-state index contributed by atoms with van der Waals surface area (Å²) in [4.78, 5) is 17.4. The Labute approximate surface area is 126 Å². The number of para-hydroxylation sites is 1. The van der Waals surface area contributed by atoms with Gasteiger partial charge in [0.2, 0.25) is 5.91 Å². The van der Waals surface area contributed by atoms with Crippen LogP contribution in [0, 0.1) is 0 Å². The van der Waals surface area contributed by atoms with E-state index in [-0.39, 0.29) is 11.9 Å². The van der Waals surface area contributed by atoms with Gasteiger partial charge in [0.25, 0.3) is 0 Å². The lowest BCUT2D eigenvalue weighted by Crippen LogP contribution is -2.46. The third kappa shape index (κ3) is 2.22. The molecule has 2 bridgehead atoms. The first kappa shape index (κ1) is 13.1. The van der Waals surface area contributed by atoms with Crippen LogP contribution in [0.2, 0.25) is 0 Å². The molecule has 4 nitrogen and oxygen atoms in total. The predicted octanol–water partition coefficient (Wildman–Crippen LogP) is 1.72. The molecule has 1 amide bonds. The first-order valence-electron chi connectivity index (χ1n) is 8.07. The standard InChI is InChI=1S/C17H23N3O/c1-19-13-6-7-14(19)11-20(9-8-13)17(21)16-10-12-4-2-3-5-15(12)18-16/h2-5,13-14,16,18H,6-11H2,1H3/t13?,14?,16-/m0/s1. The van der Waals surface area contributed by atoms with Crippen molar-refractivity contribution in [2.24, 2.45) is 0 Å². The highest BCUT2D eigenvalue weighted by atomic mass is 16.2. The Balaban J connectivity index is 1.47. The van der Waals surface area contributed by atoms with Crippen molar-refractivity contribution >= 4 is 11.6 Å². The average Bonchev–Trinajstić information content (AvgIpc) is 3.00. The monoisotopic (exact) mass is 285 g/mol. The van der Waals surface area contributed by atoms with Gasteiger partial charge in [-0.25, -0.2) is 0 Å². The largest absolute Gasteiger partial charge is 0.373 e. The lowest BCUT2D eigenvalue weighted by molar-refractivity contribution is -0.132. The summed E-state index contributed by atoms with van der Waals surface area (Å²) in [6.45, 7) is 1.82. The van der Waals surface area contributed by atoms with E-state index in [1.165, 1.54) is 18.4 Å². The summed E-state index contributed by atoms with van der Waals surface area (Å²) in [5, 5.41) is 3.40. The number of nitrogens with one attached hydrogen (secondary N) is 1. The molecule has 0 radical (unpaired) electrons. The minimum absolute atomic E-state index is 0.0654. The van der Waals surface area contributed by atoms with E-state index < -0.39 is 0 Å². The Kier molecular flexibility index (Phi) is 3.14. The zero-order valence-electron chi connectivity index (χ0n) is 12.6. The average molecular weight is 285 g/mol. The molecule has 4 heteroatoms. The van der Waals surface area contributed by atoms with Crippen molar-refractivity contribution in [2.45, 2.75) is 43.8 Å². The van der Waals surface area contributed by atoms with Gasteiger partial charge in [0, 0.05) is 37.3 Å². The molecule has 112 valence electrons. The number of likely N-dealkylation sites (tertiary alicyclic amines) is 1. The number of carbonyl (C=O) groups is 1. The van der Waals surface area contributed by atoms with E-state index in [9.17, 15) is 4.79 Å². The smallest absolute Gasteiger partial charge is 0.245 e. The Bertz CT molecular complexity index is 534. The molecule has 0 aromatic heterocycles. The van der Waals surface area contributed by atoms with Crippen LogP contribution in [0.1, 0.15) is 24.8 Å². The first-order valence-corrected chi connectivity index (χ1v) is 8.07. The van der Waals surface area contributed by atoms with Crippen LogP contribution in [0.3, 0.4) is 0 Å². The van der Waals surface area contributed by atoms with Gasteiger partial charge in [-0.3, -0.25) is 9.69 Å². The minimum Gasteiger partial charge on any atom is -0.373 e. The van der Waals surface area contributed by atoms with E-state index in [2.05, 4.69) is 34.3 Å². The quantitative estimate of drug-likeness (QED) is 0.853. The number of anilines is 1. The molecule has 2 saturated heterocycles. The van der Waals surface area contributed by atoms with Gasteiger partial charge in [-0.1, -0.05) is 18.2 Å². The molecule has 21 heavy (non-hydrogen) atoms. The second-order valence-electron chi connectivity index (χ2n) is 6.68. The summed E-state index contributed by atoms with van der Waals surface area (Å²) in [7, 11) is 2.22. The summed E-state index contributed by atoms with van der Waals surface area (Å²) in [5.41, 5.74) is 2.40. The second-order valence-corrected chi connectivity index (χ2v) is 6.68. The SMILES string of the molecule is CN1C2CCC1CN(C(=O)[C@@H]1Cc3ccccc3N1)CC2. The molecule has 1 aromatic carbocycles. The number of hydrogen-bond donors (Lipinski definition) is 1. The molecule has 3 aliphatic heterocycles. The summed E-state index contributed by atoms with van der Waals surface area (Å²) in [5.74, 6) is 0.284. The number of fused-ring (bicyclic) bond motifs is 3. The molecule has 3 atom stereocenters. The highest BCUT2D eigenvalue weighted by Gasteiger charge is 2.38. The highest BCUT2D eigenvalue weighted by molar-refractivity contribution is 5.87. The molecule has 3 aliphatic rings. The fraction of sp³-hybridized carbons (Fsp3) is 0.588. The fourth-order valence-electron chi connectivity index (χ4n) is 4.18. The van der Waals surface area contributed by atoms with Crippen LogP contribution in [0.4, 0.5) is 5.69 Å². The Hall–Kier alpha value is -1.55. The zero-order chi connectivity index (χ0) is 14.4. The molecule has 2 fully saturated rings.